The van der Waals surface area contributed by atoms with Gasteiger partial charge >= 0.3 is 5.97 Å². The summed E-state index contributed by atoms with van der Waals surface area (Å²) in [5.74, 6) is 0.464. The van der Waals surface area contributed by atoms with Crippen LogP contribution in [0.1, 0.15) is 32.6 Å². The molecule has 1 unspecified atom stereocenters. The lowest BCUT2D eigenvalue weighted by Crippen LogP contribution is -2.34. The van der Waals surface area contributed by atoms with E-state index in [-0.39, 0.29) is 0 Å². The van der Waals surface area contributed by atoms with Gasteiger partial charge in [0, 0.05) is 0 Å². The SMILES string of the molecule is CSCCCCCCNC(C)C(=O)O. The van der Waals surface area contributed by atoms with Crippen LogP contribution in [0.15, 0.2) is 0 Å². The zero-order chi connectivity index (χ0) is 10.8. The summed E-state index contributed by atoms with van der Waals surface area (Å²) in [7, 11) is 0. The maximum absolute atomic E-state index is 10.4. The maximum atomic E-state index is 10.4. The third-order valence-corrected chi connectivity index (χ3v) is 2.79. The molecule has 0 heterocycles. The molecular formula is C10H21NO2S. The van der Waals surface area contributed by atoms with E-state index in [2.05, 4.69) is 11.6 Å². The standard InChI is InChI=1S/C10H21NO2S/c1-9(10(12)13)11-7-5-3-4-6-8-14-2/h9,11H,3-8H2,1-2H3,(H,12,13). The molecule has 0 spiro atoms. The average molecular weight is 219 g/mol. The predicted molar refractivity (Wildman–Crippen MR) is 62.0 cm³/mol. The third-order valence-electron chi connectivity index (χ3n) is 2.10. The van der Waals surface area contributed by atoms with E-state index in [1.54, 1.807) is 6.92 Å². The van der Waals surface area contributed by atoms with E-state index >= 15 is 0 Å². The summed E-state index contributed by atoms with van der Waals surface area (Å²) < 4.78 is 0. The van der Waals surface area contributed by atoms with Crippen LogP contribution < -0.4 is 5.32 Å². The topological polar surface area (TPSA) is 49.3 Å². The van der Waals surface area contributed by atoms with E-state index in [0.717, 1.165) is 13.0 Å². The molecule has 14 heavy (non-hydrogen) atoms. The Hall–Kier alpha value is -0.220. The molecule has 0 fully saturated rings. The first-order valence-corrected chi connectivity index (χ1v) is 6.53. The van der Waals surface area contributed by atoms with Crippen molar-refractivity contribution in [3.63, 3.8) is 0 Å². The van der Waals surface area contributed by atoms with Crippen molar-refractivity contribution in [1.82, 2.24) is 5.32 Å². The second-order valence-corrected chi connectivity index (χ2v) is 4.41. The van der Waals surface area contributed by atoms with Crippen LogP contribution in [0.3, 0.4) is 0 Å². The van der Waals surface area contributed by atoms with Crippen molar-refractivity contribution >= 4 is 17.7 Å². The van der Waals surface area contributed by atoms with Gasteiger partial charge in [0.15, 0.2) is 0 Å². The number of rotatable bonds is 9. The van der Waals surface area contributed by atoms with Gasteiger partial charge in [0.1, 0.15) is 6.04 Å². The largest absolute Gasteiger partial charge is 0.480 e. The summed E-state index contributed by atoms with van der Waals surface area (Å²) in [5, 5.41) is 11.6. The van der Waals surface area contributed by atoms with Gasteiger partial charge in [-0.25, -0.2) is 0 Å². The lowest BCUT2D eigenvalue weighted by Gasteiger charge is -2.08. The molecular weight excluding hydrogens is 198 g/mol. The first-order chi connectivity index (χ1) is 6.68. The second kappa shape index (κ2) is 9.34. The zero-order valence-electron chi connectivity index (χ0n) is 9.08. The Morgan fingerprint density at radius 3 is 2.57 bits per heavy atom. The molecule has 3 nitrogen and oxygen atoms in total. The van der Waals surface area contributed by atoms with E-state index in [1.165, 1.54) is 25.0 Å². The smallest absolute Gasteiger partial charge is 0.320 e. The summed E-state index contributed by atoms with van der Waals surface area (Å²) in [6, 6.07) is -0.416. The van der Waals surface area contributed by atoms with E-state index in [4.69, 9.17) is 5.11 Å². The van der Waals surface area contributed by atoms with E-state index in [1.807, 2.05) is 11.8 Å². The van der Waals surface area contributed by atoms with Crippen molar-refractivity contribution in [2.24, 2.45) is 0 Å². The number of hydrogen-bond donors (Lipinski definition) is 2. The molecule has 0 rings (SSSR count). The van der Waals surface area contributed by atoms with Crippen molar-refractivity contribution in [1.29, 1.82) is 0 Å². The molecule has 0 aliphatic heterocycles. The van der Waals surface area contributed by atoms with Crippen LogP contribution >= 0.6 is 11.8 Å². The maximum Gasteiger partial charge on any atom is 0.320 e. The van der Waals surface area contributed by atoms with Crippen molar-refractivity contribution in [2.45, 2.75) is 38.6 Å². The highest BCUT2D eigenvalue weighted by molar-refractivity contribution is 7.98. The molecule has 0 saturated heterocycles. The molecule has 0 aliphatic carbocycles. The minimum absolute atomic E-state index is 0.416. The van der Waals surface area contributed by atoms with Gasteiger partial charge in [-0.1, -0.05) is 12.8 Å². The van der Waals surface area contributed by atoms with Gasteiger partial charge in [0.25, 0.3) is 0 Å². The zero-order valence-corrected chi connectivity index (χ0v) is 9.90. The van der Waals surface area contributed by atoms with E-state index < -0.39 is 12.0 Å². The van der Waals surface area contributed by atoms with Crippen LogP contribution in [0.25, 0.3) is 0 Å². The number of hydrogen-bond acceptors (Lipinski definition) is 3. The number of thioether (sulfide) groups is 1. The van der Waals surface area contributed by atoms with Crippen molar-refractivity contribution in [3.8, 4) is 0 Å². The summed E-state index contributed by atoms with van der Waals surface area (Å²) in [6.07, 6.45) is 6.92. The van der Waals surface area contributed by atoms with Crippen LogP contribution in [-0.4, -0.2) is 35.7 Å². The highest BCUT2D eigenvalue weighted by Gasteiger charge is 2.07. The summed E-state index contributed by atoms with van der Waals surface area (Å²) in [6.45, 7) is 2.49. The third kappa shape index (κ3) is 8.38. The number of carbonyl (C=O) groups is 1. The molecule has 0 aliphatic rings. The van der Waals surface area contributed by atoms with Crippen LogP contribution in [0, 0.1) is 0 Å². The number of carboxylic acid groups (broad SMARTS) is 1. The number of aliphatic carboxylic acids is 1. The van der Waals surface area contributed by atoms with Gasteiger partial charge in [-0.3, -0.25) is 4.79 Å². The normalized spacial score (nSPS) is 12.7. The van der Waals surface area contributed by atoms with Crippen molar-refractivity contribution < 1.29 is 9.90 Å². The van der Waals surface area contributed by atoms with Crippen LogP contribution in [0.4, 0.5) is 0 Å². The highest BCUT2D eigenvalue weighted by Crippen LogP contribution is 2.03. The summed E-state index contributed by atoms with van der Waals surface area (Å²) in [4.78, 5) is 10.4. The fraction of sp³-hybridized carbons (Fsp3) is 0.900. The Morgan fingerprint density at radius 1 is 1.36 bits per heavy atom. The van der Waals surface area contributed by atoms with E-state index in [9.17, 15) is 4.79 Å². The van der Waals surface area contributed by atoms with Gasteiger partial charge in [-0.15, -0.1) is 0 Å². The molecule has 2 N–H and O–H groups in total. The Bertz CT molecular complexity index is 153. The van der Waals surface area contributed by atoms with Crippen LogP contribution in [0.2, 0.25) is 0 Å². The number of unbranched alkanes of at least 4 members (excludes halogenated alkanes) is 3. The molecule has 0 bridgehead atoms. The van der Waals surface area contributed by atoms with Crippen LogP contribution in [-0.2, 0) is 4.79 Å². The molecule has 1 atom stereocenters. The second-order valence-electron chi connectivity index (χ2n) is 3.42. The fourth-order valence-electron chi connectivity index (χ4n) is 1.13. The quantitative estimate of drug-likeness (QED) is 0.582. The molecule has 0 saturated carbocycles. The molecule has 0 radical (unpaired) electrons. The minimum atomic E-state index is -0.771. The first kappa shape index (κ1) is 13.8. The number of nitrogens with one attached hydrogen (secondary N) is 1. The number of carboxylic acids is 1. The van der Waals surface area contributed by atoms with Gasteiger partial charge in [-0.2, -0.15) is 11.8 Å². The van der Waals surface area contributed by atoms with Gasteiger partial charge < -0.3 is 10.4 Å². The lowest BCUT2D eigenvalue weighted by molar-refractivity contribution is -0.138. The Labute approximate surface area is 90.7 Å². The Kier molecular flexibility index (Phi) is 9.19. The highest BCUT2D eigenvalue weighted by atomic mass is 32.2. The van der Waals surface area contributed by atoms with Crippen LogP contribution in [0.5, 0.6) is 0 Å². The lowest BCUT2D eigenvalue weighted by atomic mass is 10.2. The van der Waals surface area contributed by atoms with Gasteiger partial charge in [0.05, 0.1) is 0 Å². The van der Waals surface area contributed by atoms with Crippen molar-refractivity contribution in [3.05, 3.63) is 0 Å². The first-order valence-electron chi connectivity index (χ1n) is 5.13. The molecule has 0 aromatic rings. The molecule has 0 aromatic heterocycles. The Balaban J connectivity index is 3.09. The average Bonchev–Trinajstić information content (AvgIpc) is 2.16. The predicted octanol–water partition coefficient (Wildman–Crippen LogP) is 1.97. The molecule has 4 heteroatoms. The fourth-order valence-corrected chi connectivity index (χ4v) is 1.62. The molecule has 0 amide bonds. The van der Waals surface area contributed by atoms with Gasteiger partial charge in [-0.05, 0) is 38.3 Å². The van der Waals surface area contributed by atoms with Crippen molar-refractivity contribution in [2.75, 3.05) is 18.6 Å². The Morgan fingerprint density at radius 2 is 2.00 bits per heavy atom. The minimum Gasteiger partial charge on any atom is -0.480 e. The molecule has 0 aromatic carbocycles. The summed E-state index contributed by atoms with van der Waals surface area (Å²) >= 11 is 1.88. The summed E-state index contributed by atoms with van der Waals surface area (Å²) in [5.41, 5.74) is 0. The van der Waals surface area contributed by atoms with E-state index in [0.29, 0.717) is 0 Å². The molecule has 84 valence electrons. The monoisotopic (exact) mass is 219 g/mol. The van der Waals surface area contributed by atoms with Gasteiger partial charge in [0.2, 0.25) is 0 Å².